The van der Waals surface area contributed by atoms with E-state index < -0.39 is 0 Å². The Kier molecular flexibility index (Phi) is 4.30. The van der Waals surface area contributed by atoms with Gasteiger partial charge in [0, 0.05) is 38.7 Å². The van der Waals surface area contributed by atoms with Crippen LogP contribution >= 0.6 is 0 Å². The highest BCUT2D eigenvalue weighted by atomic mass is 16.2. The molecule has 5 heteroatoms. The van der Waals surface area contributed by atoms with E-state index in [2.05, 4.69) is 9.97 Å². The smallest absolute Gasteiger partial charge is 0.272 e. The number of likely N-dealkylation sites (N-methyl/N-ethyl adjacent to an activating group) is 1. The molecule has 0 atom stereocenters. The molecule has 0 saturated carbocycles. The maximum Gasteiger partial charge on any atom is 0.272 e. The molecule has 0 aliphatic rings. The summed E-state index contributed by atoms with van der Waals surface area (Å²) >= 11 is 0. The number of hydrogen-bond donors (Lipinski definition) is 2. The number of amides is 1. The first kappa shape index (κ1) is 13.3. The molecule has 0 unspecified atom stereocenters. The molecule has 5 nitrogen and oxygen atoms in total. The van der Waals surface area contributed by atoms with Gasteiger partial charge in [0.1, 0.15) is 5.69 Å². The Balaban J connectivity index is 1.94. The summed E-state index contributed by atoms with van der Waals surface area (Å²) in [7, 11) is 1.79. The Labute approximate surface area is 112 Å². The average Bonchev–Trinajstić information content (AvgIpc) is 2.97. The van der Waals surface area contributed by atoms with Crippen LogP contribution in [0, 0.1) is 0 Å². The fourth-order valence-electron chi connectivity index (χ4n) is 1.78. The van der Waals surface area contributed by atoms with Crippen LogP contribution in [-0.2, 0) is 13.0 Å². The minimum absolute atomic E-state index is 0.0703. The zero-order valence-electron chi connectivity index (χ0n) is 11.0. The van der Waals surface area contributed by atoms with Gasteiger partial charge >= 0.3 is 0 Å². The summed E-state index contributed by atoms with van der Waals surface area (Å²) in [6, 6.07) is 5.56. The van der Waals surface area contributed by atoms with Crippen molar-refractivity contribution in [2.24, 2.45) is 5.73 Å². The Morgan fingerprint density at radius 1 is 1.37 bits per heavy atom. The van der Waals surface area contributed by atoms with Gasteiger partial charge in [-0.25, -0.2) is 0 Å². The van der Waals surface area contributed by atoms with Crippen LogP contribution in [0.1, 0.15) is 21.6 Å². The van der Waals surface area contributed by atoms with Crippen molar-refractivity contribution >= 4 is 5.91 Å². The van der Waals surface area contributed by atoms with Crippen molar-refractivity contribution in [3.8, 4) is 0 Å². The van der Waals surface area contributed by atoms with Crippen molar-refractivity contribution in [2.45, 2.75) is 13.0 Å². The highest BCUT2D eigenvalue weighted by Gasteiger charge is 2.12. The number of carbonyl (C=O) groups excluding carboxylic acids is 1. The third kappa shape index (κ3) is 3.42. The van der Waals surface area contributed by atoms with Gasteiger partial charge in [0.25, 0.3) is 5.91 Å². The lowest BCUT2D eigenvalue weighted by Gasteiger charge is -2.16. The molecule has 2 aromatic heterocycles. The van der Waals surface area contributed by atoms with Crippen LogP contribution in [0.3, 0.4) is 0 Å². The van der Waals surface area contributed by atoms with E-state index in [1.807, 2.05) is 24.5 Å². The molecular weight excluding hydrogens is 240 g/mol. The molecule has 0 fully saturated rings. The molecular formula is C14H18N4O. The van der Waals surface area contributed by atoms with Crippen LogP contribution in [0.15, 0.2) is 36.8 Å². The van der Waals surface area contributed by atoms with Gasteiger partial charge in [-0.05, 0) is 29.7 Å². The first-order valence-corrected chi connectivity index (χ1v) is 6.23. The molecule has 1 amide bonds. The zero-order valence-corrected chi connectivity index (χ0v) is 11.0. The minimum atomic E-state index is -0.0703. The maximum atomic E-state index is 12.1. The number of H-pyrrole nitrogens is 1. The van der Waals surface area contributed by atoms with Crippen molar-refractivity contribution in [2.75, 3.05) is 13.6 Å². The van der Waals surface area contributed by atoms with Crippen LogP contribution in [0.2, 0.25) is 0 Å². The molecule has 0 spiro atoms. The first-order chi connectivity index (χ1) is 9.20. The van der Waals surface area contributed by atoms with E-state index >= 15 is 0 Å². The molecule has 0 bridgehead atoms. The molecule has 0 aliphatic carbocycles. The van der Waals surface area contributed by atoms with Crippen LogP contribution in [0.25, 0.3) is 0 Å². The maximum absolute atomic E-state index is 12.1. The molecule has 100 valence electrons. The average molecular weight is 258 g/mol. The van der Waals surface area contributed by atoms with Crippen molar-refractivity contribution in [3.63, 3.8) is 0 Å². The van der Waals surface area contributed by atoms with Gasteiger partial charge in [-0.15, -0.1) is 0 Å². The SMILES string of the molecule is CN(CCc1cc[nH]c1)C(=O)c1ccc(CN)cn1. The van der Waals surface area contributed by atoms with E-state index in [0.29, 0.717) is 18.8 Å². The molecule has 19 heavy (non-hydrogen) atoms. The highest BCUT2D eigenvalue weighted by molar-refractivity contribution is 5.92. The summed E-state index contributed by atoms with van der Waals surface area (Å²) in [5.74, 6) is -0.0703. The predicted octanol–water partition coefficient (Wildman–Crippen LogP) is 1.18. The summed E-state index contributed by atoms with van der Waals surface area (Å²) in [6.45, 7) is 1.10. The number of nitrogens with one attached hydrogen (secondary N) is 1. The Hall–Kier alpha value is -2.14. The lowest BCUT2D eigenvalue weighted by atomic mass is 10.2. The molecule has 2 rings (SSSR count). The van der Waals surface area contributed by atoms with E-state index in [4.69, 9.17) is 5.73 Å². The third-order valence-corrected chi connectivity index (χ3v) is 3.02. The second-order valence-corrected chi connectivity index (χ2v) is 4.45. The molecule has 2 heterocycles. The number of hydrogen-bond acceptors (Lipinski definition) is 3. The monoisotopic (exact) mass is 258 g/mol. The predicted molar refractivity (Wildman–Crippen MR) is 73.6 cm³/mol. The van der Waals surface area contributed by atoms with Gasteiger partial charge in [-0.2, -0.15) is 0 Å². The van der Waals surface area contributed by atoms with Crippen molar-refractivity contribution in [3.05, 3.63) is 53.6 Å². The molecule has 3 N–H and O–H groups in total. The van der Waals surface area contributed by atoms with Crippen LogP contribution in [0.4, 0.5) is 0 Å². The van der Waals surface area contributed by atoms with Gasteiger partial charge in [-0.1, -0.05) is 6.07 Å². The fourth-order valence-corrected chi connectivity index (χ4v) is 1.78. The summed E-state index contributed by atoms with van der Waals surface area (Å²) in [5, 5.41) is 0. The van der Waals surface area contributed by atoms with E-state index in [1.54, 1.807) is 24.2 Å². The number of rotatable bonds is 5. The van der Waals surface area contributed by atoms with Crippen LogP contribution < -0.4 is 5.73 Å². The Bertz CT molecular complexity index is 519. The summed E-state index contributed by atoms with van der Waals surface area (Å²) < 4.78 is 0. The molecule has 0 aromatic carbocycles. The third-order valence-electron chi connectivity index (χ3n) is 3.02. The molecule has 0 radical (unpaired) electrons. The lowest BCUT2D eigenvalue weighted by Crippen LogP contribution is -2.29. The number of aromatic amines is 1. The molecule has 0 aliphatic heterocycles. The van der Waals surface area contributed by atoms with E-state index in [0.717, 1.165) is 12.0 Å². The Morgan fingerprint density at radius 3 is 2.79 bits per heavy atom. The highest BCUT2D eigenvalue weighted by Crippen LogP contribution is 2.05. The minimum Gasteiger partial charge on any atom is -0.367 e. The first-order valence-electron chi connectivity index (χ1n) is 6.23. The topological polar surface area (TPSA) is 75.0 Å². The Morgan fingerprint density at radius 2 is 2.21 bits per heavy atom. The standard InChI is InChI=1S/C14H18N4O/c1-18(7-5-11-4-6-16-9-11)14(19)13-3-2-12(8-15)10-17-13/h2-4,6,9-10,16H,5,7-8,15H2,1H3. The number of aromatic nitrogens is 2. The lowest BCUT2D eigenvalue weighted by molar-refractivity contribution is 0.0791. The van der Waals surface area contributed by atoms with Crippen LogP contribution in [-0.4, -0.2) is 34.4 Å². The van der Waals surface area contributed by atoms with E-state index in [-0.39, 0.29) is 5.91 Å². The quantitative estimate of drug-likeness (QED) is 0.845. The molecule has 0 saturated heterocycles. The number of nitrogens with zero attached hydrogens (tertiary/aromatic N) is 2. The van der Waals surface area contributed by atoms with E-state index in [1.165, 1.54) is 5.56 Å². The zero-order chi connectivity index (χ0) is 13.7. The number of nitrogens with two attached hydrogens (primary N) is 1. The number of pyridine rings is 1. The summed E-state index contributed by atoms with van der Waals surface area (Å²) in [4.78, 5) is 20.9. The second kappa shape index (κ2) is 6.15. The van der Waals surface area contributed by atoms with Crippen molar-refractivity contribution < 1.29 is 4.79 Å². The van der Waals surface area contributed by atoms with Gasteiger partial charge in [-0.3, -0.25) is 9.78 Å². The fraction of sp³-hybridized carbons (Fsp3) is 0.286. The van der Waals surface area contributed by atoms with Gasteiger partial charge < -0.3 is 15.6 Å². The van der Waals surface area contributed by atoms with Crippen LogP contribution in [0.5, 0.6) is 0 Å². The number of carbonyl (C=O) groups is 1. The normalized spacial score (nSPS) is 10.4. The summed E-state index contributed by atoms with van der Waals surface area (Å²) in [5.41, 5.74) is 8.06. The van der Waals surface area contributed by atoms with Gasteiger partial charge in [0.15, 0.2) is 0 Å². The summed E-state index contributed by atoms with van der Waals surface area (Å²) in [6.07, 6.45) is 6.29. The van der Waals surface area contributed by atoms with Gasteiger partial charge in [0.2, 0.25) is 0 Å². The van der Waals surface area contributed by atoms with Crippen molar-refractivity contribution in [1.82, 2.24) is 14.9 Å². The second-order valence-electron chi connectivity index (χ2n) is 4.45. The van der Waals surface area contributed by atoms with E-state index in [9.17, 15) is 4.79 Å². The largest absolute Gasteiger partial charge is 0.367 e. The molecule has 2 aromatic rings. The van der Waals surface area contributed by atoms with Gasteiger partial charge in [0.05, 0.1) is 0 Å². The van der Waals surface area contributed by atoms with Crippen molar-refractivity contribution in [1.29, 1.82) is 0 Å².